The topological polar surface area (TPSA) is 71.1 Å². The van der Waals surface area contributed by atoms with Crippen LogP contribution in [0.15, 0.2) is 71.2 Å². The van der Waals surface area contributed by atoms with Crippen LogP contribution >= 0.6 is 23.5 Å². The molecule has 256 valence electrons. The molecule has 5 rings (SSSR count). The summed E-state index contributed by atoms with van der Waals surface area (Å²) >= 11 is 3.53. The lowest BCUT2D eigenvalue weighted by Crippen LogP contribution is -2.37. The smallest absolute Gasteiger partial charge is 0.376 e. The number of rotatable bonds is 12. The van der Waals surface area contributed by atoms with E-state index >= 15 is 4.57 Å². The third-order valence-electron chi connectivity index (χ3n) is 10.3. The lowest BCUT2D eigenvalue weighted by atomic mass is 9.75. The minimum absolute atomic E-state index is 0.227. The lowest BCUT2D eigenvalue weighted by Gasteiger charge is -2.43. The van der Waals surface area contributed by atoms with Crippen LogP contribution in [0.4, 0.5) is 0 Å². The number of esters is 1. The SMILES string of the molecule is CC(C)[C@H]1CC[C@@H](C)C[C@H]1OP(=O)(O[C@@H]1C[C@H](C)CC[C@@H]1C(C)C)[C@H](OC(=O)COc1cccc2ccccc12)c1ccc(Br)cc1. The van der Waals surface area contributed by atoms with Crippen molar-refractivity contribution in [2.45, 2.75) is 98.1 Å². The zero-order valence-electron chi connectivity index (χ0n) is 28.8. The Balaban J connectivity index is 1.50. The van der Waals surface area contributed by atoms with Crippen LogP contribution in [-0.2, 0) is 23.1 Å². The molecule has 0 unspecified atom stereocenters. The van der Waals surface area contributed by atoms with Gasteiger partial charge in [0.2, 0.25) is 5.85 Å². The highest BCUT2D eigenvalue weighted by atomic mass is 79.9. The second-order valence-electron chi connectivity index (χ2n) is 14.6. The summed E-state index contributed by atoms with van der Waals surface area (Å²) in [6.45, 7) is 12.9. The van der Waals surface area contributed by atoms with Gasteiger partial charge in [0, 0.05) is 15.4 Å². The maximum atomic E-state index is 15.7. The molecule has 0 aliphatic heterocycles. The number of halogens is 1. The van der Waals surface area contributed by atoms with Crippen molar-refractivity contribution >= 4 is 40.3 Å². The standard InChI is InChI=1S/C39H52BrO6P/c1-25(2)32-20-14-27(5)22-36(32)45-47(42,46-37-23-28(6)15-21-33(37)26(3)4)39(30-16-18-31(40)19-17-30)44-38(41)24-43-35-13-9-11-29-10-7-8-12-34(29)35/h7-13,16-19,25-28,32-33,36-37,39H,14-15,20-24H2,1-6H3/t27-,28-,32-,33-,36-,37-,39+/m1/s1. The van der Waals surface area contributed by atoms with Crippen molar-refractivity contribution in [2.24, 2.45) is 35.5 Å². The van der Waals surface area contributed by atoms with Gasteiger partial charge in [-0.3, -0.25) is 4.57 Å². The fraction of sp³-hybridized carbons (Fsp3) is 0.564. The maximum absolute atomic E-state index is 15.7. The van der Waals surface area contributed by atoms with Gasteiger partial charge in [-0.15, -0.1) is 0 Å². The Hall–Kier alpha value is -2.18. The van der Waals surface area contributed by atoms with Gasteiger partial charge in [-0.25, -0.2) is 4.79 Å². The predicted molar refractivity (Wildman–Crippen MR) is 192 cm³/mol. The number of hydrogen-bond acceptors (Lipinski definition) is 6. The largest absolute Gasteiger partial charge is 0.481 e. The Labute approximate surface area is 289 Å². The van der Waals surface area contributed by atoms with E-state index in [4.69, 9.17) is 18.5 Å². The Morgan fingerprint density at radius 3 is 1.91 bits per heavy atom. The molecule has 0 N–H and O–H groups in total. The quantitative estimate of drug-likeness (QED) is 0.137. The number of carbonyl (C=O) groups excluding carboxylic acids is 1. The normalized spacial score (nSPS) is 26.0. The summed E-state index contributed by atoms with van der Waals surface area (Å²) in [7, 11) is -4.11. The van der Waals surface area contributed by atoms with Crippen LogP contribution in [0.5, 0.6) is 5.75 Å². The van der Waals surface area contributed by atoms with Gasteiger partial charge in [-0.1, -0.05) is 119 Å². The highest BCUT2D eigenvalue weighted by molar-refractivity contribution is 9.10. The van der Waals surface area contributed by atoms with Gasteiger partial charge >= 0.3 is 13.6 Å². The zero-order valence-corrected chi connectivity index (χ0v) is 31.3. The summed E-state index contributed by atoms with van der Waals surface area (Å²) in [4.78, 5) is 13.7. The highest BCUT2D eigenvalue weighted by Gasteiger charge is 2.49. The average Bonchev–Trinajstić information content (AvgIpc) is 3.03. The van der Waals surface area contributed by atoms with Crippen molar-refractivity contribution in [1.29, 1.82) is 0 Å². The van der Waals surface area contributed by atoms with Crippen LogP contribution in [0, 0.1) is 35.5 Å². The van der Waals surface area contributed by atoms with Crippen LogP contribution in [0.1, 0.15) is 91.5 Å². The minimum Gasteiger partial charge on any atom is -0.481 e. The second-order valence-corrected chi connectivity index (χ2v) is 17.5. The Morgan fingerprint density at radius 1 is 0.787 bits per heavy atom. The fourth-order valence-electron chi connectivity index (χ4n) is 7.54. The van der Waals surface area contributed by atoms with E-state index in [9.17, 15) is 4.79 Å². The number of hydrogen-bond donors (Lipinski definition) is 0. The van der Waals surface area contributed by atoms with E-state index in [0.29, 0.717) is 35.0 Å². The van der Waals surface area contributed by atoms with Crippen LogP contribution in [-0.4, -0.2) is 24.8 Å². The molecular formula is C39H52BrO6P. The van der Waals surface area contributed by atoms with Gasteiger partial charge in [0.25, 0.3) is 0 Å². The molecule has 0 saturated heterocycles. The van der Waals surface area contributed by atoms with Crippen molar-refractivity contribution in [3.8, 4) is 5.75 Å². The van der Waals surface area contributed by atoms with E-state index in [1.54, 1.807) is 0 Å². The maximum Gasteiger partial charge on any atom is 0.376 e. The fourth-order valence-corrected chi connectivity index (χ4v) is 10.1. The summed E-state index contributed by atoms with van der Waals surface area (Å²) in [5.41, 5.74) is 0.574. The molecule has 0 bridgehead atoms. The number of ether oxygens (including phenoxy) is 2. The van der Waals surface area contributed by atoms with E-state index in [1.165, 1.54) is 0 Å². The van der Waals surface area contributed by atoms with Crippen LogP contribution in [0.2, 0.25) is 0 Å². The molecule has 0 amide bonds. The van der Waals surface area contributed by atoms with E-state index < -0.39 is 19.4 Å². The third-order valence-corrected chi connectivity index (χ3v) is 12.9. The van der Waals surface area contributed by atoms with Gasteiger partial charge in [-0.05, 0) is 84.8 Å². The molecule has 0 heterocycles. The van der Waals surface area contributed by atoms with E-state index in [0.717, 1.165) is 53.8 Å². The second kappa shape index (κ2) is 16.0. The van der Waals surface area contributed by atoms with E-state index in [1.807, 2.05) is 66.7 Å². The molecule has 6 nitrogen and oxygen atoms in total. The molecule has 3 aromatic carbocycles. The van der Waals surface area contributed by atoms with Crippen molar-refractivity contribution < 1.29 is 27.9 Å². The molecule has 47 heavy (non-hydrogen) atoms. The first kappa shape index (κ1) is 36.1. The number of fused-ring (bicyclic) bond motifs is 1. The lowest BCUT2D eigenvalue weighted by molar-refractivity contribution is -0.149. The summed E-state index contributed by atoms with van der Waals surface area (Å²) in [6.07, 6.45) is 5.26. The first-order valence-corrected chi connectivity index (χ1v) is 19.9. The molecule has 2 aliphatic rings. The molecule has 3 aromatic rings. The Kier molecular flexibility index (Phi) is 12.3. The Bertz CT molecular complexity index is 1480. The van der Waals surface area contributed by atoms with Crippen LogP contribution < -0.4 is 4.74 Å². The monoisotopic (exact) mass is 726 g/mol. The van der Waals surface area contributed by atoms with E-state index in [-0.39, 0.29) is 30.7 Å². The highest BCUT2D eigenvalue weighted by Crippen LogP contribution is 2.66. The van der Waals surface area contributed by atoms with Gasteiger partial charge in [-0.2, -0.15) is 0 Å². The van der Waals surface area contributed by atoms with Crippen molar-refractivity contribution in [2.75, 3.05) is 6.61 Å². The van der Waals surface area contributed by atoms with Crippen molar-refractivity contribution in [1.82, 2.24) is 0 Å². The molecule has 7 atom stereocenters. The molecule has 2 saturated carbocycles. The van der Waals surface area contributed by atoms with E-state index in [2.05, 4.69) is 57.5 Å². The molecule has 2 fully saturated rings. The number of benzene rings is 3. The van der Waals surface area contributed by atoms with Gasteiger partial charge in [0.15, 0.2) is 6.61 Å². The first-order chi connectivity index (χ1) is 22.4. The van der Waals surface area contributed by atoms with Crippen LogP contribution in [0.25, 0.3) is 10.8 Å². The zero-order chi connectivity index (χ0) is 33.7. The molecule has 0 spiro atoms. The van der Waals surface area contributed by atoms with Crippen LogP contribution in [0.3, 0.4) is 0 Å². The molecule has 0 radical (unpaired) electrons. The molecule has 2 aliphatic carbocycles. The number of carbonyl (C=O) groups is 1. The minimum atomic E-state index is -4.11. The summed E-state index contributed by atoms with van der Waals surface area (Å²) in [5, 5.41) is 1.92. The summed E-state index contributed by atoms with van der Waals surface area (Å²) < 4.78 is 42.5. The molecular weight excluding hydrogens is 675 g/mol. The van der Waals surface area contributed by atoms with Crippen molar-refractivity contribution in [3.63, 3.8) is 0 Å². The molecule has 8 heteroatoms. The van der Waals surface area contributed by atoms with Gasteiger partial charge < -0.3 is 18.5 Å². The molecule has 0 aromatic heterocycles. The summed E-state index contributed by atoms with van der Waals surface area (Å²) in [6, 6.07) is 21.0. The Morgan fingerprint density at radius 2 is 1.34 bits per heavy atom. The first-order valence-electron chi connectivity index (χ1n) is 17.5. The van der Waals surface area contributed by atoms with Crippen molar-refractivity contribution in [3.05, 3.63) is 76.8 Å². The summed E-state index contributed by atoms with van der Waals surface area (Å²) in [5.74, 6) is 0.734. The average molecular weight is 728 g/mol. The van der Waals surface area contributed by atoms with Gasteiger partial charge in [0.05, 0.1) is 12.2 Å². The predicted octanol–water partition coefficient (Wildman–Crippen LogP) is 11.4. The van der Waals surface area contributed by atoms with Gasteiger partial charge in [0.1, 0.15) is 5.75 Å². The third kappa shape index (κ3) is 9.09.